The second-order valence-corrected chi connectivity index (χ2v) is 4.24. The first kappa shape index (κ1) is 15.8. The van der Waals surface area contributed by atoms with Gasteiger partial charge in [0.2, 0.25) is 0 Å². The first-order valence-corrected chi connectivity index (χ1v) is 5.55. The fraction of sp³-hybridized carbons (Fsp3) is 0.727. The van der Waals surface area contributed by atoms with Crippen LogP contribution in [-0.4, -0.2) is 15.8 Å². The van der Waals surface area contributed by atoms with Gasteiger partial charge in [0.25, 0.3) is 0 Å². The van der Waals surface area contributed by atoms with Crippen molar-refractivity contribution in [2.45, 2.75) is 44.7 Å². The van der Waals surface area contributed by atoms with Crippen LogP contribution in [-0.2, 0) is 13.6 Å². The Balaban J connectivity index is 0.00000112. The lowest BCUT2D eigenvalue weighted by Crippen LogP contribution is -3.00. The van der Waals surface area contributed by atoms with Gasteiger partial charge in [0, 0.05) is 31.4 Å². The second kappa shape index (κ2) is 7.93. The summed E-state index contributed by atoms with van der Waals surface area (Å²) < 4.78 is 1.86. The van der Waals surface area contributed by atoms with Crippen LogP contribution >= 0.6 is 0 Å². The Kier molecular flexibility index (Phi) is 7.81. The SMILES string of the molecule is Cn1cc(CNC2CCCCC2)cn1.[Cl-].[Cl-]. The molecule has 1 aliphatic carbocycles. The minimum absolute atomic E-state index is 0. The molecule has 94 valence electrons. The van der Waals surface area contributed by atoms with Crippen molar-refractivity contribution in [1.82, 2.24) is 15.1 Å². The highest BCUT2D eigenvalue weighted by atomic mass is 35.5. The van der Waals surface area contributed by atoms with Crippen molar-refractivity contribution in [2.75, 3.05) is 0 Å². The van der Waals surface area contributed by atoms with Gasteiger partial charge < -0.3 is 30.1 Å². The molecule has 0 radical (unpaired) electrons. The third-order valence-corrected chi connectivity index (χ3v) is 2.96. The van der Waals surface area contributed by atoms with Crippen LogP contribution in [0.2, 0.25) is 0 Å². The predicted molar refractivity (Wildman–Crippen MR) is 56.9 cm³/mol. The molecule has 0 saturated heterocycles. The third-order valence-electron chi connectivity index (χ3n) is 2.96. The molecule has 1 N–H and O–H groups in total. The number of aromatic nitrogens is 2. The highest BCUT2D eigenvalue weighted by Gasteiger charge is 2.12. The van der Waals surface area contributed by atoms with E-state index in [0.29, 0.717) is 0 Å². The van der Waals surface area contributed by atoms with Crippen molar-refractivity contribution in [2.24, 2.45) is 7.05 Å². The van der Waals surface area contributed by atoms with Crippen LogP contribution in [0.25, 0.3) is 0 Å². The Morgan fingerprint density at radius 3 is 2.56 bits per heavy atom. The second-order valence-electron chi connectivity index (χ2n) is 4.24. The molecule has 3 nitrogen and oxygen atoms in total. The zero-order valence-corrected chi connectivity index (χ0v) is 11.1. The van der Waals surface area contributed by atoms with Gasteiger partial charge in [-0.2, -0.15) is 5.10 Å². The average molecular weight is 264 g/mol. The van der Waals surface area contributed by atoms with Crippen LogP contribution in [0, 0.1) is 0 Å². The number of hydrogen-bond donors (Lipinski definition) is 1. The van der Waals surface area contributed by atoms with E-state index in [1.807, 2.05) is 17.9 Å². The van der Waals surface area contributed by atoms with Gasteiger partial charge in [0.1, 0.15) is 0 Å². The van der Waals surface area contributed by atoms with Crippen molar-refractivity contribution < 1.29 is 24.8 Å². The highest BCUT2D eigenvalue weighted by Crippen LogP contribution is 2.17. The molecule has 0 bridgehead atoms. The largest absolute Gasteiger partial charge is 1.00 e. The molecule has 0 atom stereocenters. The first-order valence-electron chi connectivity index (χ1n) is 5.55. The third kappa shape index (κ3) is 4.73. The van der Waals surface area contributed by atoms with Crippen molar-refractivity contribution in [1.29, 1.82) is 0 Å². The number of nitrogens with zero attached hydrogens (tertiary/aromatic N) is 2. The minimum atomic E-state index is 0. The molecule has 1 fully saturated rings. The zero-order valence-electron chi connectivity index (χ0n) is 9.63. The smallest absolute Gasteiger partial charge is 0.0534 e. The molecule has 5 heteroatoms. The van der Waals surface area contributed by atoms with E-state index < -0.39 is 0 Å². The molecule has 1 aromatic heterocycles. The van der Waals surface area contributed by atoms with Crippen molar-refractivity contribution >= 4 is 0 Å². The number of nitrogens with one attached hydrogen (secondary N) is 1. The van der Waals surface area contributed by atoms with E-state index in [9.17, 15) is 0 Å². The Bertz CT molecular complexity index is 283. The fourth-order valence-corrected chi connectivity index (χ4v) is 2.13. The number of hydrogen-bond acceptors (Lipinski definition) is 2. The van der Waals surface area contributed by atoms with Gasteiger partial charge in [0.05, 0.1) is 6.20 Å². The van der Waals surface area contributed by atoms with E-state index in [1.54, 1.807) is 0 Å². The molecule has 0 unspecified atom stereocenters. The predicted octanol–water partition coefficient (Wildman–Crippen LogP) is -4.15. The molecule has 0 spiro atoms. The zero-order chi connectivity index (χ0) is 9.80. The number of rotatable bonds is 3. The van der Waals surface area contributed by atoms with Gasteiger partial charge in [-0.1, -0.05) is 19.3 Å². The van der Waals surface area contributed by atoms with E-state index >= 15 is 0 Å². The lowest BCUT2D eigenvalue weighted by Gasteiger charge is -2.22. The molecular formula is C11H19Cl2N3-2. The maximum atomic E-state index is 4.16. The van der Waals surface area contributed by atoms with E-state index in [0.717, 1.165) is 12.6 Å². The summed E-state index contributed by atoms with van der Waals surface area (Å²) in [6.45, 7) is 0.971. The van der Waals surface area contributed by atoms with Crippen LogP contribution < -0.4 is 30.1 Å². The number of halogens is 2. The topological polar surface area (TPSA) is 29.9 Å². The monoisotopic (exact) mass is 263 g/mol. The highest BCUT2D eigenvalue weighted by molar-refractivity contribution is 5.03. The van der Waals surface area contributed by atoms with Crippen LogP contribution in [0.5, 0.6) is 0 Å². The maximum absolute atomic E-state index is 4.16. The Morgan fingerprint density at radius 2 is 2.00 bits per heavy atom. The maximum Gasteiger partial charge on any atom is 0.0534 e. The van der Waals surface area contributed by atoms with Gasteiger partial charge >= 0.3 is 0 Å². The van der Waals surface area contributed by atoms with Gasteiger partial charge in [-0.25, -0.2) is 0 Å². The first-order chi connectivity index (χ1) is 6.84. The van der Waals surface area contributed by atoms with Crippen LogP contribution in [0.1, 0.15) is 37.7 Å². The molecule has 0 aromatic carbocycles. The van der Waals surface area contributed by atoms with Crippen molar-refractivity contribution in [3.8, 4) is 0 Å². The summed E-state index contributed by atoms with van der Waals surface area (Å²) in [6.07, 6.45) is 10.9. The molecule has 1 saturated carbocycles. The Morgan fingerprint density at radius 1 is 1.31 bits per heavy atom. The quantitative estimate of drug-likeness (QED) is 0.601. The van der Waals surface area contributed by atoms with Crippen LogP contribution in [0.15, 0.2) is 12.4 Å². The van der Waals surface area contributed by atoms with Gasteiger partial charge in [0.15, 0.2) is 0 Å². The van der Waals surface area contributed by atoms with Crippen LogP contribution in [0.4, 0.5) is 0 Å². The summed E-state index contributed by atoms with van der Waals surface area (Å²) in [6, 6.07) is 0.740. The Labute approximate surface area is 110 Å². The fourth-order valence-electron chi connectivity index (χ4n) is 2.13. The lowest BCUT2D eigenvalue weighted by atomic mass is 9.95. The summed E-state index contributed by atoms with van der Waals surface area (Å²) in [7, 11) is 1.96. The molecule has 16 heavy (non-hydrogen) atoms. The lowest BCUT2D eigenvalue weighted by molar-refractivity contribution is -0.00100. The standard InChI is InChI=1S/C11H19N3.2ClH/c1-14-9-10(8-13-14)7-12-11-5-3-2-4-6-11;;/h8-9,11-12H,2-7H2,1H3;2*1H/p-2. The van der Waals surface area contributed by atoms with E-state index in [2.05, 4.69) is 16.6 Å². The molecule has 2 rings (SSSR count). The normalized spacial score (nSPS) is 16.3. The molecule has 1 heterocycles. The van der Waals surface area contributed by atoms with E-state index in [4.69, 9.17) is 0 Å². The minimum Gasteiger partial charge on any atom is -1.00 e. The molecule has 0 aliphatic heterocycles. The van der Waals surface area contributed by atoms with E-state index in [-0.39, 0.29) is 24.8 Å². The summed E-state index contributed by atoms with van der Waals surface area (Å²) >= 11 is 0. The van der Waals surface area contributed by atoms with Crippen molar-refractivity contribution in [3.05, 3.63) is 18.0 Å². The van der Waals surface area contributed by atoms with Crippen LogP contribution in [0.3, 0.4) is 0 Å². The summed E-state index contributed by atoms with van der Waals surface area (Å²) in [5.74, 6) is 0. The van der Waals surface area contributed by atoms with Crippen molar-refractivity contribution in [3.63, 3.8) is 0 Å². The van der Waals surface area contributed by atoms with Gasteiger partial charge in [-0.05, 0) is 12.8 Å². The molecule has 0 amide bonds. The summed E-state index contributed by atoms with van der Waals surface area (Å²) in [5.41, 5.74) is 1.29. The van der Waals surface area contributed by atoms with E-state index in [1.165, 1.54) is 37.7 Å². The molecule has 1 aromatic rings. The average Bonchev–Trinajstić information content (AvgIpc) is 2.63. The summed E-state index contributed by atoms with van der Waals surface area (Å²) in [4.78, 5) is 0. The molecular weight excluding hydrogens is 245 g/mol. The van der Waals surface area contributed by atoms with Gasteiger partial charge in [-0.3, -0.25) is 4.68 Å². The van der Waals surface area contributed by atoms with Gasteiger partial charge in [-0.15, -0.1) is 0 Å². The molecule has 1 aliphatic rings. The number of aryl methyl sites for hydroxylation is 1. The Hall–Kier alpha value is -0.250. The summed E-state index contributed by atoms with van der Waals surface area (Å²) in [5, 5.41) is 7.75.